The molecule has 0 unspecified atom stereocenters. The Balaban J connectivity index is 1.72. The fourth-order valence-electron chi connectivity index (χ4n) is 2.86. The highest BCUT2D eigenvalue weighted by Gasteiger charge is 2.20. The lowest BCUT2D eigenvalue weighted by Gasteiger charge is -2.11. The minimum atomic E-state index is -0.730. The molecule has 0 aliphatic rings. The molecular weight excluding hydrogens is 364 g/mol. The molecule has 0 atom stereocenters. The van der Waals surface area contributed by atoms with Crippen molar-refractivity contribution < 1.29 is 13.6 Å². The number of halogens is 2. The van der Waals surface area contributed by atoms with Crippen LogP contribution in [-0.2, 0) is 6.54 Å². The number of rotatable bonds is 5. The lowest BCUT2D eigenvalue weighted by atomic mass is 10.2. The number of carbonyl (C=O) groups excluding carboxylic acids is 1. The lowest BCUT2D eigenvalue weighted by Crippen LogP contribution is -2.24. The highest BCUT2D eigenvalue weighted by molar-refractivity contribution is 5.97. The molecule has 0 saturated carbocycles. The number of nitrogens with zero attached hydrogens (tertiary/aromatic N) is 4. The molecule has 1 amide bonds. The van der Waals surface area contributed by atoms with Crippen molar-refractivity contribution in [1.29, 1.82) is 0 Å². The summed E-state index contributed by atoms with van der Waals surface area (Å²) in [5, 5.41) is 7.00. The summed E-state index contributed by atoms with van der Waals surface area (Å²) in [6, 6.07) is 10.3. The van der Waals surface area contributed by atoms with E-state index in [1.54, 1.807) is 47.6 Å². The Morgan fingerprint density at radius 2 is 1.79 bits per heavy atom. The topological polar surface area (TPSA) is 64.7 Å². The molecule has 0 radical (unpaired) electrons. The van der Waals surface area contributed by atoms with Crippen LogP contribution in [-0.4, -0.2) is 25.2 Å². The van der Waals surface area contributed by atoms with Gasteiger partial charge < -0.3 is 9.88 Å². The van der Waals surface area contributed by atoms with Crippen LogP contribution in [0.4, 0.5) is 8.78 Å². The van der Waals surface area contributed by atoms with E-state index < -0.39 is 11.6 Å². The Bertz CT molecular complexity index is 1090. The van der Waals surface area contributed by atoms with E-state index in [1.165, 1.54) is 10.9 Å². The van der Waals surface area contributed by atoms with Gasteiger partial charge in [0.15, 0.2) is 5.82 Å². The summed E-state index contributed by atoms with van der Waals surface area (Å²) in [7, 11) is 0. The van der Waals surface area contributed by atoms with Crippen molar-refractivity contribution in [2.45, 2.75) is 6.54 Å². The highest BCUT2D eigenvalue weighted by atomic mass is 19.1. The molecule has 0 fully saturated rings. The molecule has 1 aromatic carbocycles. The summed E-state index contributed by atoms with van der Waals surface area (Å²) < 4.78 is 30.4. The molecule has 0 saturated heterocycles. The minimum absolute atomic E-state index is 0.174. The van der Waals surface area contributed by atoms with Crippen molar-refractivity contribution in [2.24, 2.45) is 0 Å². The highest BCUT2D eigenvalue weighted by Crippen LogP contribution is 2.21. The SMILES string of the molecule is O=C(NCc1cccnc1)c1cnn(-c2cc(F)cc(F)c2)c1-n1cccc1. The van der Waals surface area contributed by atoms with Crippen molar-refractivity contribution in [2.75, 3.05) is 0 Å². The quantitative estimate of drug-likeness (QED) is 0.579. The van der Waals surface area contributed by atoms with E-state index in [-0.39, 0.29) is 23.7 Å². The van der Waals surface area contributed by atoms with Crippen LogP contribution in [0.1, 0.15) is 15.9 Å². The first-order valence-corrected chi connectivity index (χ1v) is 8.47. The third-order valence-corrected chi connectivity index (χ3v) is 4.11. The molecule has 0 aliphatic carbocycles. The van der Waals surface area contributed by atoms with Gasteiger partial charge in [-0.05, 0) is 35.9 Å². The van der Waals surface area contributed by atoms with E-state index in [0.29, 0.717) is 5.82 Å². The van der Waals surface area contributed by atoms with Gasteiger partial charge in [0.05, 0.1) is 11.9 Å². The number of amides is 1. The van der Waals surface area contributed by atoms with E-state index in [1.807, 2.05) is 6.07 Å². The molecule has 1 N–H and O–H groups in total. The molecule has 4 aromatic rings. The largest absolute Gasteiger partial charge is 0.348 e. The molecular formula is C20H15F2N5O. The third-order valence-electron chi connectivity index (χ3n) is 4.11. The Kier molecular flexibility index (Phi) is 4.67. The molecule has 4 rings (SSSR count). The molecule has 8 heteroatoms. The van der Waals surface area contributed by atoms with Gasteiger partial charge in [0.1, 0.15) is 17.2 Å². The molecule has 0 bridgehead atoms. The summed E-state index contributed by atoms with van der Waals surface area (Å²) in [6.45, 7) is 0.289. The molecule has 140 valence electrons. The average Bonchev–Trinajstić information content (AvgIpc) is 3.35. The van der Waals surface area contributed by atoms with Crippen LogP contribution in [0, 0.1) is 11.6 Å². The molecule has 6 nitrogen and oxygen atoms in total. The molecule has 0 aliphatic heterocycles. The normalized spacial score (nSPS) is 10.8. The van der Waals surface area contributed by atoms with Crippen molar-refractivity contribution in [3.63, 3.8) is 0 Å². The molecule has 3 heterocycles. The van der Waals surface area contributed by atoms with Crippen molar-refractivity contribution >= 4 is 5.91 Å². The third kappa shape index (κ3) is 3.52. The average molecular weight is 379 g/mol. The van der Waals surface area contributed by atoms with Gasteiger partial charge in [0, 0.05) is 37.4 Å². The van der Waals surface area contributed by atoms with E-state index in [4.69, 9.17) is 0 Å². The Labute approximate surface area is 159 Å². The van der Waals surface area contributed by atoms with Gasteiger partial charge in [-0.2, -0.15) is 5.10 Å². The second-order valence-electron chi connectivity index (χ2n) is 6.06. The van der Waals surface area contributed by atoms with Crippen LogP contribution in [0.15, 0.2) is 73.4 Å². The number of carbonyl (C=O) groups is 1. The van der Waals surface area contributed by atoms with Gasteiger partial charge in [-0.15, -0.1) is 0 Å². The predicted molar refractivity (Wildman–Crippen MR) is 98.2 cm³/mol. The Morgan fingerprint density at radius 3 is 2.46 bits per heavy atom. The Morgan fingerprint density at radius 1 is 1.04 bits per heavy atom. The zero-order valence-corrected chi connectivity index (χ0v) is 14.6. The fourth-order valence-corrected chi connectivity index (χ4v) is 2.86. The Hall–Kier alpha value is -3.81. The number of aromatic nitrogens is 4. The van der Waals surface area contributed by atoms with Gasteiger partial charge in [0.2, 0.25) is 0 Å². The van der Waals surface area contributed by atoms with Crippen LogP contribution in [0.25, 0.3) is 11.5 Å². The minimum Gasteiger partial charge on any atom is -0.348 e. The lowest BCUT2D eigenvalue weighted by molar-refractivity contribution is 0.0951. The van der Waals surface area contributed by atoms with Gasteiger partial charge in [0.25, 0.3) is 5.91 Å². The first-order valence-electron chi connectivity index (χ1n) is 8.47. The second-order valence-corrected chi connectivity index (χ2v) is 6.06. The smallest absolute Gasteiger partial charge is 0.256 e. The van der Waals surface area contributed by atoms with Crippen molar-refractivity contribution in [3.05, 3.63) is 96.2 Å². The van der Waals surface area contributed by atoms with E-state index >= 15 is 0 Å². The van der Waals surface area contributed by atoms with E-state index in [2.05, 4.69) is 15.4 Å². The monoisotopic (exact) mass is 379 g/mol. The second kappa shape index (κ2) is 7.43. The summed E-state index contributed by atoms with van der Waals surface area (Å²) in [5.74, 6) is -1.45. The molecule has 3 aromatic heterocycles. The number of benzene rings is 1. The van der Waals surface area contributed by atoms with E-state index in [9.17, 15) is 13.6 Å². The summed E-state index contributed by atoms with van der Waals surface area (Å²) >= 11 is 0. The number of nitrogens with one attached hydrogen (secondary N) is 1. The zero-order chi connectivity index (χ0) is 19.5. The summed E-state index contributed by atoms with van der Waals surface area (Å²) in [4.78, 5) is 16.8. The first-order chi connectivity index (χ1) is 13.6. The number of hydrogen-bond acceptors (Lipinski definition) is 3. The van der Waals surface area contributed by atoms with E-state index in [0.717, 1.165) is 23.8 Å². The fraction of sp³-hybridized carbons (Fsp3) is 0.0500. The maximum atomic E-state index is 13.7. The van der Waals surface area contributed by atoms with Crippen molar-refractivity contribution in [3.8, 4) is 11.5 Å². The first kappa shape index (κ1) is 17.6. The number of pyridine rings is 1. The van der Waals surface area contributed by atoms with Crippen molar-refractivity contribution in [1.82, 2.24) is 24.6 Å². The van der Waals surface area contributed by atoms with Gasteiger partial charge >= 0.3 is 0 Å². The molecule has 28 heavy (non-hydrogen) atoms. The van der Waals surface area contributed by atoms with Crippen LogP contribution in [0.5, 0.6) is 0 Å². The zero-order valence-electron chi connectivity index (χ0n) is 14.6. The standard InChI is InChI=1S/C20H15F2N5O/c21-15-8-16(22)10-17(9-15)27-20(26-6-1-2-7-26)18(13-25-27)19(28)24-12-14-4-3-5-23-11-14/h1-11,13H,12H2,(H,24,28). The predicted octanol–water partition coefficient (Wildman–Crippen LogP) is 3.27. The maximum Gasteiger partial charge on any atom is 0.256 e. The van der Waals surface area contributed by atoms with Crippen LogP contribution >= 0.6 is 0 Å². The van der Waals surface area contributed by atoms with Gasteiger partial charge in [-0.3, -0.25) is 9.78 Å². The molecule has 0 spiro atoms. The van der Waals surface area contributed by atoms with Crippen LogP contribution in [0.2, 0.25) is 0 Å². The van der Waals surface area contributed by atoms with Gasteiger partial charge in [-0.25, -0.2) is 13.5 Å². The van der Waals surface area contributed by atoms with Crippen LogP contribution in [0.3, 0.4) is 0 Å². The summed E-state index contributed by atoms with van der Waals surface area (Å²) in [5.41, 5.74) is 1.29. The van der Waals surface area contributed by atoms with Crippen LogP contribution < -0.4 is 5.32 Å². The van der Waals surface area contributed by atoms with Gasteiger partial charge in [-0.1, -0.05) is 6.07 Å². The summed E-state index contributed by atoms with van der Waals surface area (Å²) in [6.07, 6.45) is 8.13. The number of hydrogen-bond donors (Lipinski definition) is 1. The maximum absolute atomic E-state index is 13.7.